The molecule has 3 rings (SSSR count). The van der Waals surface area contributed by atoms with Crippen LogP contribution in [0.2, 0.25) is 0 Å². The minimum Gasteiger partial charge on any atom is -0.278 e. The molecule has 3 heterocycles. The Balaban J connectivity index is 2.02. The molecule has 3 aromatic rings. The van der Waals surface area contributed by atoms with Crippen molar-refractivity contribution >= 4 is 11.5 Å². The zero-order valence-corrected chi connectivity index (χ0v) is 8.16. The highest BCUT2D eigenvalue weighted by molar-refractivity contribution is 5.47. The van der Waals surface area contributed by atoms with Crippen molar-refractivity contribution in [2.24, 2.45) is 0 Å². The SMILES string of the molecule is O=c1[nH]nc2cc(Nn3cccc3)ncn12. The highest BCUT2D eigenvalue weighted by Gasteiger charge is 2.01. The van der Waals surface area contributed by atoms with Gasteiger partial charge in [-0.15, -0.1) is 0 Å². The van der Waals surface area contributed by atoms with Crippen molar-refractivity contribution in [3.63, 3.8) is 0 Å². The maximum atomic E-state index is 11.2. The highest BCUT2D eigenvalue weighted by atomic mass is 16.1. The van der Waals surface area contributed by atoms with E-state index in [9.17, 15) is 4.79 Å². The van der Waals surface area contributed by atoms with E-state index in [2.05, 4.69) is 20.6 Å². The first-order valence-electron chi connectivity index (χ1n) is 4.66. The largest absolute Gasteiger partial charge is 0.348 e. The van der Waals surface area contributed by atoms with Crippen molar-refractivity contribution in [3.8, 4) is 0 Å². The third-order valence-corrected chi connectivity index (χ3v) is 2.16. The van der Waals surface area contributed by atoms with E-state index in [4.69, 9.17) is 0 Å². The lowest BCUT2D eigenvalue weighted by Gasteiger charge is -2.05. The highest BCUT2D eigenvalue weighted by Crippen LogP contribution is 2.04. The molecule has 7 heteroatoms. The van der Waals surface area contributed by atoms with Gasteiger partial charge in [-0.3, -0.25) is 10.1 Å². The lowest BCUT2D eigenvalue weighted by molar-refractivity contribution is 0.935. The van der Waals surface area contributed by atoms with Crippen molar-refractivity contribution < 1.29 is 0 Å². The van der Waals surface area contributed by atoms with Crippen molar-refractivity contribution in [1.29, 1.82) is 0 Å². The molecule has 0 atom stereocenters. The molecule has 0 aromatic carbocycles. The molecule has 0 radical (unpaired) electrons. The van der Waals surface area contributed by atoms with Gasteiger partial charge in [0.15, 0.2) is 5.65 Å². The van der Waals surface area contributed by atoms with Gasteiger partial charge in [0.1, 0.15) is 12.1 Å². The first-order chi connectivity index (χ1) is 7.83. The van der Waals surface area contributed by atoms with Gasteiger partial charge in [0.25, 0.3) is 0 Å². The molecular formula is C9H8N6O. The van der Waals surface area contributed by atoms with Gasteiger partial charge in [-0.05, 0) is 12.1 Å². The summed E-state index contributed by atoms with van der Waals surface area (Å²) in [5.41, 5.74) is 3.25. The van der Waals surface area contributed by atoms with Crippen LogP contribution in [0, 0.1) is 0 Å². The van der Waals surface area contributed by atoms with E-state index in [0.717, 1.165) is 0 Å². The van der Waals surface area contributed by atoms with Crippen LogP contribution in [-0.2, 0) is 0 Å². The number of fused-ring (bicyclic) bond motifs is 1. The van der Waals surface area contributed by atoms with E-state index in [0.29, 0.717) is 11.5 Å². The molecule has 0 aliphatic heterocycles. The number of hydrogen-bond donors (Lipinski definition) is 2. The summed E-state index contributed by atoms with van der Waals surface area (Å²) in [5, 5.41) is 6.19. The Hall–Kier alpha value is -2.57. The number of hydrogen-bond acceptors (Lipinski definition) is 4. The molecule has 0 saturated carbocycles. The predicted octanol–water partition coefficient (Wildman–Crippen LogP) is 0.0943. The molecule has 80 valence electrons. The Morgan fingerprint density at radius 2 is 2.12 bits per heavy atom. The first-order valence-corrected chi connectivity index (χ1v) is 4.66. The summed E-state index contributed by atoms with van der Waals surface area (Å²) in [5.74, 6) is 0.614. The number of aromatic nitrogens is 5. The Morgan fingerprint density at radius 3 is 2.94 bits per heavy atom. The summed E-state index contributed by atoms with van der Waals surface area (Å²) in [4.78, 5) is 15.3. The fourth-order valence-corrected chi connectivity index (χ4v) is 1.41. The van der Waals surface area contributed by atoms with Crippen LogP contribution in [0.3, 0.4) is 0 Å². The topological polar surface area (TPSA) is 80.0 Å². The van der Waals surface area contributed by atoms with Gasteiger partial charge < -0.3 is 0 Å². The Kier molecular flexibility index (Phi) is 1.76. The predicted molar refractivity (Wildman–Crippen MR) is 57.1 cm³/mol. The summed E-state index contributed by atoms with van der Waals surface area (Å²) in [6.07, 6.45) is 5.12. The average Bonchev–Trinajstić information content (AvgIpc) is 2.90. The van der Waals surface area contributed by atoms with E-state index in [-0.39, 0.29) is 5.69 Å². The van der Waals surface area contributed by atoms with Crippen LogP contribution in [0.1, 0.15) is 0 Å². The Bertz CT molecular complexity index is 665. The van der Waals surface area contributed by atoms with E-state index < -0.39 is 0 Å². The molecule has 0 saturated heterocycles. The molecule has 0 spiro atoms. The molecular weight excluding hydrogens is 208 g/mol. The van der Waals surface area contributed by atoms with E-state index in [1.807, 2.05) is 24.5 Å². The molecule has 0 bridgehead atoms. The second-order valence-corrected chi connectivity index (χ2v) is 3.23. The van der Waals surface area contributed by atoms with Crippen LogP contribution < -0.4 is 11.1 Å². The van der Waals surface area contributed by atoms with E-state index >= 15 is 0 Å². The van der Waals surface area contributed by atoms with Gasteiger partial charge in [-0.2, -0.15) is 5.10 Å². The number of anilines is 1. The lowest BCUT2D eigenvalue weighted by Crippen LogP contribution is -2.11. The molecule has 7 nitrogen and oxygen atoms in total. The minimum atomic E-state index is -0.296. The van der Waals surface area contributed by atoms with Crippen molar-refractivity contribution in [2.75, 3.05) is 5.43 Å². The van der Waals surface area contributed by atoms with Gasteiger partial charge in [-0.25, -0.2) is 19.3 Å². The van der Waals surface area contributed by atoms with Crippen LogP contribution in [0.25, 0.3) is 5.65 Å². The normalized spacial score (nSPS) is 10.8. The van der Waals surface area contributed by atoms with Crippen molar-refractivity contribution in [1.82, 2.24) is 24.3 Å². The number of nitrogens with zero attached hydrogens (tertiary/aromatic N) is 4. The number of H-pyrrole nitrogens is 1. The molecule has 0 aliphatic carbocycles. The molecule has 0 amide bonds. The summed E-state index contributed by atoms with van der Waals surface area (Å²) in [6, 6.07) is 5.47. The number of aromatic amines is 1. The maximum absolute atomic E-state index is 11.2. The molecule has 3 aromatic heterocycles. The van der Waals surface area contributed by atoms with Crippen LogP contribution in [-0.4, -0.2) is 24.3 Å². The lowest BCUT2D eigenvalue weighted by atomic mass is 10.5. The molecule has 2 N–H and O–H groups in total. The third-order valence-electron chi connectivity index (χ3n) is 2.16. The summed E-state index contributed by atoms with van der Waals surface area (Å²) in [6.45, 7) is 0. The minimum absolute atomic E-state index is 0.296. The Morgan fingerprint density at radius 1 is 1.31 bits per heavy atom. The zero-order valence-electron chi connectivity index (χ0n) is 8.16. The van der Waals surface area contributed by atoms with Crippen LogP contribution in [0.15, 0.2) is 41.7 Å². The zero-order chi connectivity index (χ0) is 11.0. The monoisotopic (exact) mass is 216 g/mol. The number of rotatable bonds is 2. The molecule has 16 heavy (non-hydrogen) atoms. The second-order valence-electron chi connectivity index (χ2n) is 3.23. The molecule has 0 aliphatic rings. The van der Waals surface area contributed by atoms with Gasteiger partial charge in [0, 0.05) is 18.5 Å². The fraction of sp³-hybridized carbons (Fsp3) is 0. The quantitative estimate of drug-likeness (QED) is 0.636. The fourth-order valence-electron chi connectivity index (χ4n) is 1.41. The first kappa shape index (κ1) is 8.72. The maximum Gasteiger partial charge on any atom is 0.348 e. The van der Waals surface area contributed by atoms with Gasteiger partial charge in [-0.1, -0.05) is 0 Å². The summed E-state index contributed by atoms with van der Waals surface area (Å²) >= 11 is 0. The standard InChI is InChI=1S/C9H8N6O/c16-9-12-11-8-5-7(10-6-15(8)9)13-14-3-1-2-4-14/h1-6,13H,(H,12,16). The van der Waals surface area contributed by atoms with Gasteiger partial charge in [0.05, 0.1) is 0 Å². The van der Waals surface area contributed by atoms with E-state index in [1.54, 1.807) is 10.7 Å². The van der Waals surface area contributed by atoms with E-state index in [1.165, 1.54) is 10.7 Å². The smallest absolute Gasteiger partial charge is 0.278 e. The summed E-state index contributed by atoms with van der Waals surface area (Å²) in [7, 11) is 0. The van der Waals surface area contributed by atoms with Gasteiger partial charge >= 0.3 is 5.69 Å². The van der Waals surface area contributed by atoms with Crippen LogP contribution >= 0.6 is 0 Å². The second kappa shape index (κ2) is 3.23. The molecule has 0 unspecified atom stereocenters. The Labute approximate surface area is 89.3 Å². The van der Waals surface area contributed by atoms with Crippen LogP contribution in [0.4, 0.5) is 5.82 Å². The van der Waals surface area contributed by atoms with Gasteiger partial charge in [0.2, 0.25) is 0 Å². The van der Waals surface area contributed by atoms with Crippen LogP contribution in [0.5, 0.6) is 0 Å². The average molecular weight is 216 g/mol. The van der Waals surface area contributed by atoms with Crippen molar-refractivity contribution in [2.45, 2.75) is 0 Å². The van der Waals surface area contributed by atoms with Crippen molar-refractivity contribution in [3.05, 3.63) is 47.4 Å². The number of nitrogens with one attached hydrogen (secondary N) is 2. The summed E-state index contributed by atoms with van der Waals surface area (Å²) < 4.78 is 3.09. The third kappa shape index (κ3) is 1.34. The molecule has 0 fully saturated rings.